The summed E-state index contributed by atoms with van der Waals surface area (Å²) < 4.78 is 23.6. The second-order valence-electron chi connectivity index (χ2n) is 15.0. The van der Waals surface area contributed by atoms with Gasteiger partial charge in [-0.15, -0.1) is 0 Å². The molecule has 0 amide bonds. The van der Waals surface area contributed by atoms with Gasteiger partial charge in [-0.1, -0.05) is 115 Å². The maximum absolute atomic E-state index is 11.9. The summed E-state index contributed by atoms with van der Waals surface area (Å²) in [7, 11) is 0. The van der Waals surface area contributed by atoms with Gasteiger partial charge in [0.15, 0.2) is 0 Å². The Morgan fingerprint density at radius 2 is 1.00 bits per heavy atom. The van der Waals surface area contributed by atoms with Gasteiger partial charge in [0.1, 0.15) is 23.0 Å². The van der Waals surface area contributed by atoms with Crippen molar-refractivity contribution in [3.63, 3.8) is 0 Å². The molecular formula is C48H58O8Pt. The smallest absolute Gasteiger partial charge is 0.545 e. The summed E-state index contributed by atoms with van der Waals surface area (Å²) in [5, 5.41) is 23.8. The van der Waals surface area contributed by atoms with E-state index < -0.39 is 11.9 Å². The van der Waals surface area contributed by atoms with E-state index in [1.165, 1.54) is 38.5 Å². The summed E-state index contributed by atoms with van der Waals surface area (Å²) in [5.74, 6) is 1.64. The third-order valence-corrected chi connectivity index (χ3v) is 11.1. The molecule has 2 atom stereocenters. The molecule has 0 fully saturated rings. The number of carbonyl (C=O) groups is 2. The van der Waals surface area contributed by atoms with Crippen LogP contribution in [-0.4, -0.2) is 38.4 Å². The van der Waals surface area contributed by atoms with Crippen LogP contribution in [0.2, 0.25) is 0 Å². The fourth-order valence-electron chi connectivity index (χ4n) is 7.60. The Morgan fingerprint density at radius 3 is 1.37 bits per heavy atom. The Kier molecular flexibility index (Phi) is 18.8. The van der Waals surface area contributed by atoms with Gasteiger partial charge in [0, 0.05) is 48.3 Å². The predicted molar refractivity (Wildman–Crippen MR) is 216 cm³/mol. The quantitative estimate of drug-likeness (QED) is 0.0697. The average molecular weight is 958 g/mol. The van der Waals surface area contributed by atoms with Gasteiger partial charge in [-0.2, -0.15) is 0 Å². The number of fused-ring (bicyclic) bond motifs is 4. The molecule has 2 unspecified atom stereocenters. The van der Waals surface area contributed by atoms with Crippen LogP contribution >= 0.6 is 0 Å². The fourth-order valence-corrected chi connectivity index (χ4v) is 7.60. The number of unbranched alkanes of at least 4 members (excludes halogenated alkanes) is 2. The molecule has 4 aromatic carbocycles. The molecule has 2 aliphatic rings. The standard InChI is InChI=1S/2C24H30O4.Pt/c2*1-3-5-8-17(4-2)16-27-14-13-18-11-12-22-20(23(18)24(25)26)15-19-9-6-7-10-21(19)28-22;/h2*6-7,9-12,17H,3-5,8,13-16H2,1-2H3,(H,25,26);/q;;+2/p-2. The zero-order valence-corrected chi connectivity index (χ0v) is 36.3. The van der Waals surface area contributed by atoms with Crippen molar-refractivity contribution >= 4 is 11.9 Å². The molecule has 0 saturated carbocycles. The van der Waals surface area contributed by atoms with E-state index in [0.717, 1.165) is 59.8 Å². The van der Waals surface area contributed by atoms with Crippen molar-refractivity contribution in [3.05, 3.63) is 117 Å². The van der Waals surface area contributed by atoms with Crippen LogP contribution in [0.15, 0.2) is 72.8 Å². The summed E-state index contributed by atoms with van der Waals surface area (Å²) in [4.78, 5) is 23.8. The largest absolute Gasteiger partial charge is 2.00 e. The molecule has 0 saturated heterocycles. The second kappa shape index (κ2) is 23.4. The predicted octanol–water partition coefficient (Wildman–Crippen LogP) is 9.04. The van der Waals surface area contributed by atoms with E-state index in [4.69, 9.17) is 18.9 Å². The molecule has 8 nitrogen and oxygen atoms in total. The van der Waals surface area contributed by atoms with Crippen LogP contribution in [0.1, 0.15) is 133 Å². The number of hydrogen-bond donors (Lipinski definition) is 0. The number of carboxylic acid groups (broad SMARTS) is 2. The van der Waals surface area contributed by atoms with Gasteiger partial charge < -0.3 is 38.7 Å². The minimum Gasteiger partial charge on any atom is -0.545 e. The minimum absolute atomic E-state index is 0. The monoisotopic (exact) mass is 957 g/mol. The average Bonchev–Trinajstić information content (AvgIpc) is 3.21. The SMILES string of the molecule is CCCCC(CC)COCCc1ccc2c(c1C(=O)[O-])Cc1ccccc1O2.CCCCC(CC)COCCc1ccc2c(c1C(=O)[O-])Cc1ccccc1O2.[Pt+2]. The zero-order chi connectivity index (χ0) is 39.9. The first kappa shape index (κ1) is 45.7. The Balaban J connectivity index is 0.000000248. The van der Waals surface area contributed by atoms with E-state index in [-0.39, 0.29) is 32.2 Å². The molecule has 0 bridgehead atoms. The molecule has 0 aromatic heterocycles. The normalized spacial score (nSPS) is 13.1. The first-order chi connectivity index (χ1) is 27.3. The molecule has 6 rings (SSSR count). The number of aromatic carboxylic acids is 2. The maximum atomic E-state index is 11.9. The van der Waals surface area contributed by atoms with Gasteiger partial charge in [0.25, 0.3) is 0 Å². The maximum Gasteiger partial charge on any atom is 2.00 e. The Hall–Kier alpha value is -3.97. The second-order valence-corrected chi connectivity index (χ2v) is 15.0. The molecule has 4 aromatic rings. The van der Waals surface area contributed by atoms with Gasteiger partial charge >= 0.3 is 21.1 Å². The fraction of sp³-hybridized carbons (Fsp3) is 0.458. The number of ether oxygens (including phenoxy) is 4. The van der Waals surface area contributed by atoms with Crippen LogP contribution in [0.25, 0.3) is 0 Å². The van der Waals surface area contributed by atoms with Gasteiger partial charge in [-0.3, -0.25) is 0 Å². The molecular weight excluding hydrogens is 900 g/mol. The number of rotatable bonds is 20. The number of carboxylic acids is 2. The number of hydrogen-bond acceptors (Lipinski definition) is 8. The van der Waals surface area contributed by atoms with Crippen molar-refractivity contribution in [1.82, 2.24) is 0 Å². The van der Waals surface area contributed by atoms with E-state index in [1.54, 1.807) is 0 Å². The zero-order valence-electron chi connectivity index (χ0n) is 34.0. The molecule has 0 N–H and O–H groups in total. The van der Waals surface area contributed by atoms with Gasteiger partial charge in [-0.05, 0) is 84.0 Å². The third kappa shape index (κ3) is 12.5. The van der Waals surface area contributed by atoms with E-state index in [9.17, 15) is 19.8 Å². The van der Waals surface area contributed by atoms with Crippen LogP contribution in [-0.2, 0) is 56.2 Å². The molecule has 9 heteroatoms. The van der Waals surface area contributed by atoms with E-state index >= 15 is 0 Å². The third-order valence-electron chi connectivity index (χ3n) is 11.1. The Bertz CT molecular complexity index is 1770. The van der Waals surface area contributed by atoms with E-state index in [0.29, 0.717) is 73.4 Å². The topological polar surface area (TPSA) is 117 Å². The summed E-state index contributed by atoms with van der Waals surface area (Å²) in [6, 6.07) is 22.8. The van der Waals surface area contributed by atoms with Crippen molar-refractivity contribution < 1.29 is 59.8 Å². The van der Waals surface area contributed by atoms with Crippen LogP contribution in [0, 0.1) is 11.8 Å². The first-order valence-corrected chi connectivity index (χ1v) is 20.7. The number of para-hydroxylation sites is 2. The van der Waals surface area contributed by atoms with Gasteiger partial charge in [0.05, 0.1) is 25.2 Å². The molecule has 57 heavy (non-hydrogen) atoms. The summed E-state index contributed by atoms with van der Waals surface area (Å²) >= 11 is 0. The first-order valence-electron chi connectivity index (χ1n) is 20.7. The van der Waals surface area contributed by atoms with Crippen molar-refractivity contribution in [2.75, 3.05) is 26.4 Å². The van der Waals surface area contributed by atoms with Crippen molar-refractivity contribution in [1.29, 1.82) is 0 Å². The van der Waals surface area contributed by atoms with Crippen LogP contribution in [0.4, 0.5) is 0 Å². The van der Waals surface area contributed by atoms with Crippen LogP contribution in [0.5, 0.6) is 23.0 Å². The Labute approximate surface area is 353 Å². The molecule has 0 radical (unpaired) electrons. The van der Waals surface area contributed by atoms with Crippen molar-refractivity contribution in [2.45, 2.75) is 105 Å². The van der Waals surface area contributed by atoms with Crippen molar-refractivity contribution in [2.24, 2.45) is 11.8 Å². The number of benzene rings is 4. The number of carbonyl (C=O) groups excluding carboxylic acids is 2. The summed E-state index contributed by atoms with van der Waals surface area (Å²) in [5.41, 5.74) is 5.41. The van der Waals surface area contributed by atoms with Crippen LogP contribution < -0.4 is 19.7 Å². The van der Waals surface area contributed by atoms with Gasteiger partial charge in [-0.25, -0.2) is 0 Å². The molecule has 2 aliphatic heterocycles. The van der Waals surface area contributed by atoms with Gasteiger partial charge in [0.2, 0.25) is 0 Å². The molecule has 2 heterocycles. The van der Waals surface area contributed by atoms with Crippen molar-refractivity contribution in [3.8, 4) is 23.0 Å². The molecule has 308 valence electrons. The molecule has 0 spiro atoms. The molecule has 0 aliphatic carbocycles. The van der Waals surface area contributed by atoms with E-state index in [1.807, 2.05) is 72.8 Å². The van der Waals surface area contributed by atoms with E-state index in [2.05, 4.69) is 27.7 Å². The minimum atomic E-state index is -1.15. The summed E-state index contributed by atoms with van der Waals surface area (Å²) in [6.07, 6.45) is 11.6. The van der Waals surface area contributed by atoms with Crippen LogP contribution in [0.3, 0.4) is 0 Å². The summed E-state index contributed by atoms with van der Waals surface area (Å²) in [6.45, 7) is 11.3. The Morgan fingerprint density at radius 1 is 0.596 bits per heavy atom.